The van der Waals surface area contributed by atoms with Crippen LogP contribution in [0.4, 0.5) is 11.4 Å². The number of halogens is 1. The maximum Gasteiger partial charge on any atom is 0.271 e. The maximum atomic E-state index is 12.4. The predicted octanol–water partition coefficient (Wildman–Crippen LogP) is 4.11. The number of nitrogens with one attached hydrogen (secondary N) is 1. The molecule has 2 heterocycles. The lowest BCUT2D eigenvalue weighted by atomic mass is 10.2. The largest absolute Gasteiger partial charge is 0.371 e. The lowest BCUT2D eigenvalue weighted by Crippen LogP contribution is -2.18. The van der Waals surface area contributed by atoms with E-state index in [0.29, 0.717) is 10.0 Å². The molecule has 1 aliphatic rings. The normalized spacial score (nSPS) is 15.3. The molecular formula is C15H17ClN2O2S2. The molecule has 7 heteroatoms. The molecule has 0 bridgehead atoms. The van der Waals surface area contributed by atoms with E-state index in [-0.39, 0.29) is 4.21 Å². The monoisotopic (exact) mass is 356 g/mol. The third kappa shape index (κ3) is 3.24. The Morgan fingerprint density at radius 1 is 1.18 bits per heavy atom. The van der Waals surface area contributed by atoms with E-state index in [1.807, 2.05) is 25.1 Å². The molecule has 4 nitrogen and oxygen atoms in total. The van der Waals surface area contributed by atoms with Crippen LogP contribution in [0.15, 0.2) is 34.5 Å². The van der Waals surface area contributed by atoms with E-state index in [9.17, 15) is 8.42 Å². The van der Waals surface area contributed by atoms with Crippen molar-refractivity contribution in [1.29, 1.82) is 0 Å². The van der Waals surface area contributed by atoms with Gasteiger partial charge in [-0.3, -0.25) is 4.72 Å². The van der Waals surface area contributed by atoms with Crippen LogP contribution in [-0.4, -0.2) is 21.5 Å². The molecule has 0 atom stereocenters. The molecule has 0 unspecified atom stereocenters. The lowest BCUT2D eigenvalue weighted by molar-refractivity contribution is 0.603. The molecule has 1 fully saturated rings. The van der Waals surface area contributed by atoms with E-state index in [2.05, 4.69) is 9.62 Å². The third-order valence-electron chi connectivity index (χ3n) is 3.75. The zero-order chi connectivity index (χ0) is 15.7. The SMILES string of the molecule is Cc1ccc(N2CCCC2)cc1NS(=O)(=O)c1ccc(Cl)s1. The van der Waals surface area contributed by atoms with Gasteiger partial charge >= 0.3 is 0 Å². The number of hydrogen-bond acceptors (Lipinski definition) is 4. The van der Waals surface area contributed by atoms with Crippen LogP contribution in [0.25, 0.3) is 0 Å². The fraction of sp³-hybridized carbons (Fsp3) is 0.333. The molecule has 1 aliphatic heterocycles. The van der Waals surface area contributed by atoms with Gasteiger partial charge in [0.25, 0.3) is 10.0 Å². The van der Waals surface area contributed by atoms with Crippen molar-refractivity contribution in [3.8, 4) is 0 Å². The highest BCUT2D eigenvalue weighted by atomic mass is 35.5. The smallest absolute Gasteiger partial charge is 0.271 e. The van der Waals surface area contributed by atoms with E-state index in [0.717, 1.165) is 35.7 Å². The summed E-state index contributed by atoms with van der Waals surface area (Å²) in [5.74, 6) is 0. The molecule has 0 radical (unpaired) electrons. The second kappa shape index (κ2) is 6.10. The standard InChI is InChI=1S/C15H17ClN2O2S2/c1-11-4-5-12(18-8-2-3-9-18)10-13(11)17-22(19,20)15-7-6-14(16)21-15/h4-7,10,17H,2-3,8-9H2,1H3. The minimum atomic E-state index is -3.59. The van der Waals surface area contributed by atoms with Crippen molar-refractivity contribution in [2.75, 3.05) is 22.7 Å². The molecule has 1 aromatic carbocycles. The van der Waals surface area contributed by atoms with Crippen molar-refractivity contribution in [3.63, 3.8) is 0 Å². The minimum Gasteiger partial charge on any atom is -0.371 e. The zero-order valence-electron chi connectivity index (χ0n) is 12.2. The first-order chi connectivity index (χ1) is 10.5. The fourth-order valence-electron chi connectivity index (χ4n) is 2.53. The number of benzene rings is 1. The van der Waals surface area contributed by atoms with Gasteiger partial charge in [0.05, 0.1) is 10.0 Å². The Hall–Kier alpha value is -1.24. The van der Waals surface area contributed by atoms with Gasteiger partial charge in [0, 0.05) is 18.8 Å². The Kier molecular flexibility index (Phi) is 4.34. The Balaban J connectivity index is 1.89. The Labute approximate surface area is 139 Å². The van der Waals surface area contributed by atoms with Crippen molar-refractivity contribution in [1.82, 2.24) is 0 Å². The summed E-state index contributed by atoms with van der Waals surface area (Å²) < 4.78 is 28.2. The molecule has 1 N–H and O–H groups in total. The number of rotatable bonds is 4. The van der Waals surface area contributed by atoms with Crippen molar-refractivity contribution in [2.45, 2.75) is 24.0 Å². The number of aryl methyl sites for hydroxylation is 1. The molecular weight excluding hydrogens is 340 g/mol. The van der Waals surface area contributed by atoms with Crippen molar-refractivity contribution < 1.29 is 8.42 Å². The first-order valence-corrected chi connectivity index (χ1v) is 9.77. The fourth-order valence-corrected chi connectivity index (χ4v) is 5.13. The Morgan fingerprint density at radius 2 is 1.91 bits per heavy atom. The quantitative estimate of drug-likeness (QED) is 0.896. The van der Waals surface area contributed by atoms with Gasteiger partial charge in [0.1, 0.15) is 4.21 Å². The molecule has 0 saturated carbocycles. The predicted molar refractivity (Wildman–Crippen MR) is 92.8 cm³/mol. The first kappa shape index (κ1) is 15.6. The van der Waals surface area contributed by atoms with Crippen LogP contribution < -0.4 is 9.62 Å². The van der Waals surface area contributed by atoms with Crippen molar-refractivity contribution >= 4 is 44.3 Å². The third-order valence-corrected chi connectivity index (χ3v) is 6.84. The van der Waals surface area contributed by atoms with Gasteiger partial charge in [-0.05, 0) is 49.6 Å². The summed E-state index contributed by atoms with van der Waals surface area (Å²) in [6, 6.07) is 9.02. The van der Waals surface area contributed by atoms with E-state index in [1.165, 1.54) is 18.9 Å². The van der Waals surface area contributed by atoms with Crippen molar-refractivity contribution in [2.24, 2.45) is 0 Å². The van der Waals surface area contributed by atoms with Crippen LogP contribution in [0.1, 0.15) is 18.4 Å². The molecule has 1 aromatic heterocycles. The molecule has 0 amide bonds. The zero-order valence-corrected chi connectivity index (χ0v) is 14.6. The highest BCUT2D eigenvalue weighted by Crippen LogP contribution is 2.30. The molecule has 118 valence electrons. The van der Waals surface area contributed by atoms with Crippen LogP contribution in [0.3, 0.4) is 0 Å². The number of hydrogen-bond donors (Lipinski definition) is 1. The molecule has 1 saturated heterocycles. The van der Waals surface area contributed by atoms with Crippen LogP contribution in [-0.2, 0) is 10.0 Å². The summed E-state index contributed by atoms with van der Waals surface area (Å²) in [5.41, 5.74) is 2.58. The molecule has 0 spiro atoms. The highest BCUT2D eigenvalue weighted by Gasteiger charge is 2.19. The summed E-state index contributed by atoms with van der Waals surface area (Å²) in [7, 11) is -3.59. The minimum absolute atomic E-state index is 0.225. The topological polar surface area (TPSA) is 49.4 Å². The van der Waals surface area contributed by atoms with Gasteiger partial charge in [-0.15, -0.1) is 11.3 Å². The van der Waals surface area contributed by atoms with Gasteiger partial charge < -0.3 is 4.90 Å². The van der Waals surface area contributed by atoms with Gasteiger partial charge in [-0.2, -0.15) is 0 Å². The van der Waals surface area contributed by atoms with Crippen LogP contribution >= 0.6 is 22.9 Å². The summed E-state index contributed by atoms with van der Waals surface area (Å²) in [4.78, 5) is 2.28. The van der Waals surface area contributed by atoms with Crippen LogP contribution in [0.2, 0.25) is 4.34 Å². The van der Waals surface area contributed by atoms with Gasteiger partial charge in [0.15, 0.2) is 0 Å². The maximum absolute atomic E-state index is 12.4. The van der Waals surface area contributed by atoms with E-state index >= 15 is 0 Å². The summed E-state index contributed by atoms with van der Waals surface area (Å²) in [6.45, 7) is 3.94. The summed E-state index contributed by atoms with van der Waals surface area (Å²) in [5, 5.41) is 0. The van der Waals surface area contributed by atoms with Crippen LogP contribution in [0, 0.1) is 6.92 Å². The van der Waals surface area contributed by atoms with E-state index < -0.39 is 10.0 Å². The average molecular weight is 357 g/mol. The Morgan fingerprint density at radius 3 is 2.55 bits per heavy atom. The van der Waals surface area contributed by atoms with Gasteiger partial charge in [-0.1, -0.05) is 17.7 Å². The van der Waals surface area contributed by atoms with Gasteiger partial charge in [0.2, 0.25) is 0 Å². The van der Waals surface area contributed by atoms with Crippen LogP contribution in [0.5, 0.6) is 0 Å². The highest BCUT2D eigenvalue weighted by molar-refractivity contribution is 7.94. The van der Waals surface area contributed by atoms with E-state index in [1.54, 1.807) is 6.07 Å². The second-order valence-electron chi connectivity index (χ2n) is 5.36. The molecule has 3 rings (SSSR count). The molecule has 2 aromatic rings. The number of sulfonamides is 1. The Bertz CT molecular complexity index is 781. The van der Waals surface area contributed by atoms with Gasteiger partial charge in [-0.25, -0.2) is 8.42 Å². The number of thiophene rings is 1. The van der Waals surface area contributed by atoms with E-state index in [4.69, 9.17) is 11.6 Å². The molecule has 22 heavy (non-hydrogen) atoms. The first-order valence-electron chi connectivity index (χ1n) is 7.09. The second-order valence-corrected chi connectivity index (χ2v) is 8.98. The number of anilines is 2. The summed E-state index contributed by atoms with van der Waals surface area (Å²) >= 11 is 6.89. The summed E-state index contributed by atoms with van der Waals surface area (Å²) in [6.07, 6.45) is 2.37. The average Bonchev–Trinajstić information content (AvgIpc) is 3.12. The number of nitrogens with zero attached hydrogens (tertiary/aromatic N) is 1. The lowest BCUT2D eigenvalue weighted by Gasteiger charge is -2.19. The molecule has 0 aliphatic carbocycles. The van der Waals surface area contributed by atoms with Crippen molar-refractivity contribution in [3.05, 3.63) is 40.2 Å².